The highest BCUT2D eigenvalue weighted by atomic mass is 16.5. The Kier molecular flexibility index (Phi) is 3.80. The van der Waals surface area contributed by atoms with Crippen molar-refractivity contribution in [2.75, 3.05) is 12.3 Å². The summed E-state index contributed by atoms with van der Waals surface area (Å²) in [4.78, 5) is 16.4. The zero-order valence-corrected chi connectivity index (χ0v) is 11.0. The fourth-order valence-corrected chi connectivity index (χ4v) is 1.81. The number of carbonyl (C=O) groups excluding carboxylic acids is 1. The van der Waals surface area contributed by atoms with E-state index in [-0.39, 0.29) is 5.78 Å². The molecule has 0 spiro atoms. The minimum Gasteiger partial charge on any atom is -0.492 e. The number of hydrogen-bond acceptors (Lipinski definition) is 4. The molecule has 0 aliphatic rings. The van der Waals surface area contributed by atoms with Crippen molar-refractivity contribution in [3.8, 4) is 5.75 Å². The molecule has 0 aliphatic carbocycles. The van der Waals surface area contributed by atoms with Crippen molar-refractivity contribution in [3.63, 3.8) is 0 Å². The molecule has 0 atom stereocenters. The molecule has 4 heteroatoms. The number of nitrogen functional groups attached to an aromatic ring is 1. The maximum absolute atomic E-state index is 12.4. The molecule has 0 radical (unpaired) electrons. The molecule has 1 aromatic carbocycles. The van der Waals surface area contributed by atoms with Crippen LogP contribution < -0.4 is 10.5 Å². The van der Waals surface area contributed by atoms with E-state index in [0.717, 1.165) is 5.56 Å². The molecule has 2 rings (SSSR count). The highest BCUT2D eigenvalue weighted by molar-refractivity contribution is 6.12. The summed E-state index contributed by atoms with van der Waals surface area (Å²) in [6.45, 7) is 4.34. The fraction of sp³-hybridized carbons (Fsp3) is 0.200. The van der Waals surface area contributed by atoms with E-state index in [1.54, 1.807) is 24.4 Å². The molecule has 0 fully saturated rings. The molecule has 98 valence electrons. The van der Waals surface area contributed by atoms with Crippen LogP contribution in [0.1, 0.15) is 28.4 Å². The van der Waals surface area contributed by atoms with Gasteiger partial charge in [-0.25, -0.2) is 0 Å². The van der Waals surface area contributed by atoms with Crippen LogP contribution in [0.3, 0.4) is 0 Å². The van der Waals surface area contributed by atoms with E-state index in [9.17, 15) is 4.79 Å². The largest absolute Gasteiger partial charge is 0.492 e. The van der Waals surface area contributed by atoms with E-state index < -0.39 is 0 Å². The molecular weight excluding hydrogens is 240 g/mol. The Morgan fingerprint density at radius 2 is 2.11 bits per heavy atom. The third kappa shape index (κ3) is 2.91. The van der Waals surface area contributed by atoms with E-state index >= 15 is 0 Å². The first kappa shape index (κ1) is 13.1. The quantitative estimate of drug-likeness (QED) is 0.674. The molecular formula is C15H16N2O2. The van der Waals surface area contributed by atoms with Gasteiger partial charge in [0.05, 0.1) is 12.8 Å². The highest BCUT2D eigenvalue weighted by Crippen LogP contribution is 2.20. The van der Waals surface area contributed by atoms with Gasteiger partial charge >= 0.3 is 0 Å². The number of rotatable bonds is 4. The third-order valence-corrected chi connectivity index (χ3v) is 2.74. The van der Waals surface area contributed by atoms with Gasteiger partial charge in [0.2, 0.25) is 0 Å². The lowest BCUT2D eigenvalue weighted by Crippen LogP contribution is -2.06. The van der Waals surface area contributed by atoms with E-state index in [1.807, 2.05) is 19.9 Å². The van der Waals surface area contributed by atoms with Crippen molar-refractivity contribution in [1.82, 2.24) is 4.98 Å². The fourth-order valence-electron chi connectivity index (χ4n) is 1.81. The molecule has 4 nitrogen and oxygen atoms in total. The highest BCUT2D eigenvalue weighted by Gasteiger charge is 2.13. The van der Waals surface area contributed by atoms with Gasteiger partial charge < -0.3 is 10.5 Å². The van der Waals surface area contributed by atoms with Crippen molar-refractivity contribution in [2.24, 2.45) is 0 Å². The Morgan fingerprint density at radius 3 is 2.84 bits per heavy atom. The second-order valence-electron chi connectivity index (χ2n) is 4.26. The van der Waals surface area contributed by atoms with Crippen molar-refractivity contribution in [1.29, 1.82) is 0 Å². The van der Waals surface area contributed by atoms with Gasteiger partial charge in [-0.15, -0.1) is 0 Å². The van der Waals surface area contributed by atoms with Gasteiger partial charge in [0.25, 0.3) is 0 Å². The van der Waals surface area contributed by atoms with Crippen molar-refractivity contribution >= 4 is 11.5 Å². The summed E-state index contributed by atoms with van der Waals surface area (Å²) in [5.41, 5.74) is 8.28. The third-order valence-electron chi connectivity index (χ3n) is 2.74. The summed E-state index contributed by atoms with van der Waals surface area (Å²) in [6.07, 6.45) is 3.10. The predicted molar refractivity (Wildman–Crippen MR) is 74.4 cm³/mol. The van der Waals surface area contributed by atoms with Crippen LogP contribution in [0.25, 0.3) is 0 Å². The van der Waals surface area contributed by atoms with Gasteiger partial charge in [-0.05, 0) is 32.0 Å². The number of carbonyl (C=O) groups is 1. The lowest BCUT2D eigenvalue weighted by atomic mass is 10.0. The number of nitrogens with zero attached hydrogens (tertiary/aromatic N) is 1. The number of nitrogens with two attached hydrogens (primary N) is 1. The lowest BCUT2D eigenvalue weighted by Gasteiger charge is -2.07. The van der Waals surface area contributed by atoms with Gasteiger partial charge in [-0.3, -0.25) is 9.78 Å². The second-order valence-corrected chi connectivity index (χ2v) is 4.26. The normalized spacial score (nSPS) is 10.2. The van der Waals surface area contributed by atoms with Gasteiger partial charge in [0.15, 0.2) is 5.78 Å². The molecule has 2 aromatic rings. The Morgan fingerprint density at radius 1 is 1.32 bits per heavy atom. The van der Waals surface area contributed by atoms with Crippen LogP contribution in [0.2, 0.25) is 0 Å². The van der Waals surface area contributed by atoms with E-state index in [0.29, 0.717) is 29.2 Å². The maximum atomic E-state index is 12.4. The monoisotopic (exact) mass is 256 g/mol. The number of aryl methyl sites for hydroxylation is 1. The molecule has 0 saturated carbocycles. The van der Waals surface area contributed by atoms with Crippen LogP contribution >= 0.6 is 0 Å². The van der Waals surface area contributed by atoms with E-state index in [2.05, 4.69) is 4.98 Å². The first-order valence-electron chi connectivity index (χ1n) is 6.10. The Bertz CT molecular complexity index is 609. The minimum absolute atomic E-state index is 0.143. The first-order valence-corrected chi connectivity index (χ1v) is 6.10. The molecule has 0 amide bonds. The van der Waals surface area contributed by atoms with E-state index in [4.69, 9.17) is 10.5 Å². The Balaban J connectivity index is 2.38. The Labute approximate surface area is 112 Å². The molecule has 0 saturated heterocycles. The molecule has 0 aliphatic heterocycles. The zero-order chi connectivity index (χ0) is 13.8. The molecule has 2 N–H and O–H groups in total. The number of benzene rings is 1. The number of aromatic nitrogens is 1. The molecule has 0 unspecified atom stereocenters. The van der Waals surface area contributed by atoms with Crippen LogP contribution in [0.15, 0.2) is 36.7 Å². The number of hydrogen-bond donors (Lipinski definition) is 1. The Hall–Kier alpha value is -2.36. The summed E-state index contributed by atoms with van der Waals surface area (Å²) in [5, 5.41) is 0. The average molecular weight is 256 g/mol. The van der Waals surface area contributed by atoms with Crippen LogP contribution in [0, 0.1) is 6.92 Å². The topological polar surface area (TPSA) is 65.2 Å². The molecule has 19 heavy (non-hydrogen) atoms. The number of pyridine rings is 1. The predicted octanol–water partition coefficient (Wildman–Crippen LogP) is 2.60. The number of anilines is 1. The van der Waals surface area contributed by atoms with Crippen molar-refractivity contribution < 1.29 is 9.53 Å². The SMILES string of the molecule is CCOc1cncc(C(=O)c2cc(C)ccc2N)c1. The van der Waals surface area contributed by atoms with Gasteiger partial charge in [0, 0.05) is 23.0 Å². The summed E-state index contributed by atoms with van der Waals surface area (Å²) < 4.78 is 5.34. The standard InChI is InChI=1S/C15H16N2O2/c1-3-19-12-7-11(8-17-9-12)15(18)13-6-10(2)4-5-14(13)16/h4-9H,3,16H2,1-2H3. The molecule has 1 heterocycles. The number of ketones is 1. The van der Waals surface area contributed by atoms with E-state index in [1.165, 1.54) is 6.20 Å². The van der Waals surface area contributed by atoms with Gasteiger partial charge in [-0.1, -0.05) is 11.6 Å². The molecule has 0 bridgehead atoms. The summed E-state index contributed by atoms with van der Waals surface area (Å²) in [7, 11) is 0. The summed E-state index contributed by atoms with van der Waals surface area (Å²) in [5.74, 6) is 0.440. The average Bonchev–Trinajstić information content (AvgIpc) is 2.41. The van der Waals surface area contributed by atoms with Gasteiger partial charge in [0.1, 0.15) is 5.75 Å². The van der Waals surface area contributed by atoms with Crippen LogP contribution in [-0.4, -0.2) is 17.4 Å². The maximum Gasteiger partial charge on any atom is 0.196 e. The summed E-state index contributed by atoms with van der Waals surface area (Å²) >= 11 is 0. The zero-order valence-electron chi connectivity index (χ0n) is 11.0. The summed E-state index contributed by atoms with van der Waals surface area (Å²) in [6, 6.07) is 7.08. The molecule has 1 aromatic heterocycles. The smallest absolute Gasteiger partial charge is 0.196 e. The lowest BCUT2D eigenvalue weighted by molar-refractivity contribution is 0.103. The first-order chi connectivity index (χ1) is 9.11. The van der Waals surface area contributed by atoms with Crippen molar-refractivity contribution in [3.05, 3.63) is 53.3 Å². The van der Waals surface area contributed by atoms with Crippen LogP contribution in [-0.2, 0) is 0 Å². The minimum atomic E-state index is -0.143. The van der Waals surface area contributed by atoms with Crippen LogP contribution in [0.4, 0.5) is 5.69 Å². The second kappa shape index (κ2) is 5.52. The van der Waals surface area contributed by atoms with Gasteiger partial charge in [-0.2, -0.15) is 0 Å². The van der Waals surface area contributed by atoms with Crippen molar-refractivity contribution in [2.45, 2.75) is 13.8 Å². The van der Waals surface area contributed by atoms with Crippen LogP contribution in [0.5, 0.6) is 5.75 Å². The number of ether oxygens (including phenoxy) is 1.